The molecule has 3 aliphatic rings. The maximum atomic E-state index is 12.9. The minimum atomic E-state index is -0.922. The zero-order valence-electron chi connectivity index (χ0n) is 14.2. The third kappa shape index (κ3) is 2.85. The zero-order chi connectivity index (χ0) is 16.1. The Morgan fingerprint density at radius 2 is 2.00 bits per heavy atom. The molecule has 2 saturated carbocycles. The van der Waals surface area contributed by atoms with Crippen LogP contribution in [0.5, 0.6) is 0 Å². The Labute approximate surface area is 144 Å². The highest BCUT2D eigenvalue weighted by Gasteiger charge is 2.64. The van der Waals surface area contributed by atoms with Gasteiger partial charge in [0.1, 0.15) is 5.54 Å². The lowest BCUT2D eigenvalue weighted by Gasteiger charge is -2.59. The second-order valence-corrected chi connectivity index (χ2v) is 7.39. The van der Waals surface area contributed by atoms with Crippen LogP contribution in [0.1, 0.15) is 40.0 Å². The lowest BCUT2D eigenvalue weighted by atomic mass is 9.54. The summed E-state index contributed by atoms with van der Waals surface area (Å²) in [6.07, 6.45) is 2.74. The van der Waals surface area contributed by atoms with Crippen molar-refractivity contribution in [3.05, 3.63) is 0 Å². The van der Waals surface area contributed by atoms with Gasteiger partial charge >= 0.3 is 0 Å². The molecule has 2 aliphatic carbocycles. The fourth-order valence-corrected chi connectivity index (χ4v) is 3.71. The van der Waals surface area contributed by atoms with Crippen LogP contribution in [0.2, 0.25) is 0 Å². The molecule has 2 amide bonds. The van der Waals surface area contributed by atoms with E-state index in [-0.39, 0.29) is 36.9 Å². The second-order valence-electron chi connectivity index (χ2n) is 7.39. The lowest BCUT2D eigenvalue weighted by Crippen LogP contribution is -2.77. The SMILES string of the molecule is CCOC1CC(N)(C(=O)N2CCN(C3CC3)C(=O)C2)C1(C)C.Cl. The molecule has 1 aliphatic heterocycles. The van der Waals surface area contributed by atoms with Gasteiger partial charge in [-0.05, 0) is 19.8 Å². The molecule has 3 rings (SSSR count). The number of piperazine rings is 1. The summed E-state index contributed by atoms with van der Waals surface area (Å²) in [5, 5.41) is 0. The van der Waals surface area contributed by atoms with Gasteiger partial charge in [0.25, 0.3) is 0 Å². The van der Waals surface area contributed by atoms with Crippen LogP contribution in [0.25, 0.3) is 0 Å². The first-order chi connectivity index (χ1) is 10.3. The van der Waals surface area contributed by atoms with Crippen LogP contribution < -0.4 is 5.73 Å². The average molecular weight is 346 g/mol. The van der Waals surface area contributed by atoms with E-state index < -0.39 is 11.0 Å². The monoisotopic (exact) mass is 345 g/mol. The molecule has 2 atom stereocenters. The van der Waals surface area contributed by atoms with Gasteiger partial charge in [0, 0.05) is 37.6 Å². The van der Waals surface area contributed by atoms with Crippen LogP contribution in [0.3, 0.4) is 0 Å². The minimum absolute atomic E-state index is 0. The van der Waals surface area contributed by atoms with E-state index >= 15 is 0 Å². The van der Waals surface area contributed by atoms with Crippen molar-refractivity contribution in [3.63, 3.8) is 0 Å². The summed E-state index contributed by atoms with van der Waals surface area (Å²) in [5.41, 5.74) is 5.10. The molecule has 1 heterocycles. The molecule has 2 unspecified atom stereocenters. The fraction of sp³-hybridized carbons (Fsp3) is 0.875. The number of amides is 2. The highest BCUT2D eigenvalue weighted by molar-refractivity contribution is 5.93. The predicted octanol–water partition coefficient (Wildman–Crippen LogP) is 0.774. The molecule has 0 aromatic rings. The number of hydrogen-bond acceptors (Lipinski definition) is 4. The number of carbonyl (C=O) groups is 2. The quantitative estimate of drug-likeness (QED) is 0.816. The fourth-order valence-electron chi connectivity index (χ4n) is 3.71. The van der Waals surface area contributed by atoms with Crippen LogP contribution in [-0.4, -0.2) is 65.5 Å². The normalized spacial score (nSPS) is 33.0. The molecule has 2 N–H and O–H groups in total. The Kier molecular flexibility index (Phi) is 5.00. The largest absolute Gasteiger partial charge is 0.378 e. The molecule has 23 heavy (non-hydrogen) atoms. The highest BCUT2D eigenvalue weighted by atomic mass is 35.5. The van der Waals surface area contributed by atoms with Gasteiger partial charge in [0.2, 0.25) is 11.8 Å². The van der Waals surface area contributed by atoms with Crippen molar-refractivity contribution in [1.29, 1.82) is 0 Å². The maximum absolute atomic E-state index is 12.9. The molecular weight excluding hydrogens is 318 g/mol. The number of ether oxygens (including phenoxy) is 1. The Hall–Kier alpha value is -0.850. The topological polar surface area (TPSA) is 75.9 Å². The van der Waals surface area contributed by atoms with Crippen molar-refractivity contribution in [1.82, 2.24) is 9.80 Å². The van der Waals surface area contributed by atoms with Crippen molar-refractivity contribution in [2.75, 3.05) is 26.2 Å². The van der Waals surface area contributed by atoms with E-state index in [0.29, 0.717) is 32.2 Å². The van der Waals surface area contributed by atoms with Gasteiger partial charge in [-0.15, -0.1) is 12.4 Å². The van der Waals surface area contributed by atoms with Gasteiger partial charge in [0.15, 0.2) is 0 Å². The van der Waals surface area contributed by atoms with E-state index in [2.05, 4.69) is 0 Å². The summed E-state index contributed by atoms with van der Waals surface area (Å²) in [6.45, 7) is 7.94. The van der Waals surface area contributed by atoms with Crippen molar-refractivity contribution < 1.29 is 14.3 Å². The summed E-state index contributed by atoms with van der Waals surface area (Å²) in [4.78, 5) is 28.7. The Morgan fingerprint density at radius 3 is 2.48 bits per heavy atom. The molecule has 3 fully saturated rings. The van der Waals surface area contributed by atoms with Crippen LogP contribution >= 0.6 is 12.4 Å². The number of nitrogens with two attached hydrogens (primary N) is 1. The van der Waals surface area contributed by atoms with Gasteiger partial charge in [-0.25, -0.2) is 0 Å². The second kappa shape index (κ2) is 6.22. The molecule has 0 aromatic carbocycles. The van der Waals surface area contributed by atoms with Gasteiger partial charge in [0.05, 0.1) is 12.6 Å². The van der Waals surface area contributed by atoms with E-state index in [1.807, 2.05) is 25.7 Å². The van der Waals surface area contributed by atoms with Gasteiger partial charge in [-0.1, -0.05) is 13.8 Å². The Morgan fingerprint density at radius 1 is 1.35 bits per heavy atom. The molecule has 6 nitrogen and oxygen atoms in total. The third-order valence-corrected chi connectivity index (χ3v) is 5.74. The summed E-state index contributed by atoms with van der Waals surface area (Å²) >= 11 is 0. The Balaban J connectivity index is 0.00000192. The summed E-state index contributed by atoms with van der Waals surface area (Å²) in [5.74, 6) is -0.0403. The molecule has 1 saturated heterocycles. The lowest BCUT2D eigenvalue weighted by molar-refractivity contribution is -0.181. The number of hydrogen-bond donors (Lipinski definition) is 1. The summed E-state index contributed by atoms with van der Waals surface area (Å²) in [7, 11) is 0. The summed E-state index contributed by atoms with van der Waals surface area (Å²) in [6, 6.07) is 0.416. The first-order valence-electron chi connectivity index (χ1n) is 8.30. The van der Waals surface area contributed by atoms with Crippen LogP contribution in [-0.2, 0) is 14.3 Å². The Bertz CT molecular complexity index is 495. The molecule has 0 bridgehead atoms. The van der Waals surface area contributed by atoms with Gasteiger partial charge < -0.3 is 20.3 Å². The zero-order valence-corrected chi connectivity index (χ0v) is 15.0. The molecule has 7 heteroatoms. The van der Waals surface area contributed by atoms with Gasteiger partial charge in [-0.3, -0.25) is 9.59 Å². The number of nitrogens with zero attached hydrogens (tertiary/aromatic N) is 2. The molecular formula is C16H28ClN3O3. The number of carbonyl (C=O) groups excluding carboxylic acids is 2. The number of halogens is 1. The van der Waals surface area contributed by atoms with E-state index in [1.165, 1.54) is 0 Å². The molecule has 132 valence electrons. The van der Waals surface area contributed by atoms with Crippen molar-refractivity contribution >= 4 is 24.2 Å². The van der Waals surface area contributed by atoms with Crippen LogP contribution in [0.4, 0.5) is 0 Å². The minimum Gasteiger partial charge on any atom is -0.378 e. The molecule has 0 aromatic heterocycles. The van der Waals surface area contributed by atoms with Crippen LogP contribution in [0, 0.1) is 5.41 Å². The first kappa shape index (κ1) is 18.5. The van der Waals surface area contributed by atoms with E-state index in [9.17, 15) is 9.59 Å². The summed E-state index contributed by atoms with van der Waals surface area (Å²) < 4.78 is 5.68. The van der Waals surface area contributed by atoms with Crippen molar-refractivity contribution in [3.8, 4) is 0 Å². The van der Waals surface area contributed by atoms with E-state index in [1.54, 1.807) is 4.90 Å². The van der Waals surface area contributed by atoms with E-state index in [4.69, 9.17) is 10.5 Å². The van der Waals surface area contributed by atoms with Gasteiger partial charge in [-0.2, -0.15) is 0 Å². The smallest absolute Gasteiger partial charge is 0.243 e. The first-order valence-corrected chi connectivity index (χ1v) is 8.30. The van der Waals surface area contributed by atoms with Crippen molar-refractivity contribution in [2.24, 2.45) is 11.1 Å². The van der Waals surface area contributed by atoms with Crippen LogP contribution in [0.15, 0.2) is 0 Å². The number of rotatable bonds is 4. The average Bonchev–Trinajstić information content (AvgIpc) is 3.30. The highest BCUT2D eigenvalue weighted by Crippen LogP contribution is 2.50. The maximum Gasteiger partial charge on any atom is 0.243 e. The third-order valence-electron chi connectivity index (χ3n) is 5.74. The van der Waals surface area contributed by atoms with Crippen molar-refractivity contribution in [2.45, 2.75) is 57.7 Å². The predicted molar refractivity (Wildman–Crippen MR) is 89.3 cm³/mol. The standard InChI is InChI=1S/C16H27N3O3.ClH/c1-4-22-12-9-16(17,15(12,2)3)14(21)18-7-8-19(11-5-6-11)13(20)10-18;/h11-12H,4-10,17H2,1-3H3;1H. The van der Waals surface area contributed by atoms with E-state index in [0.717, 1.165) is 12.8 Å². The molecule has 0 radical (unpaired) electrons. The molecule has 0 spiro atoms.